The zero-order chi connectivity index (χ0) is 47.3. The van der Waals surface area contributed by atoms with Crippen LogP contribution in [0.15, 0.2) is 0 Å². The molecule has 0 aromatic rings. The first-order valence-corrected chi connectivity index (χ1v) is 11.9. The third-order valence-electron chi connectivity index (χ3n) is 6.20. The summed E-state index contributed by atoms with van der Waals surface area (Å²) in [7, 11) is 0. The molecule has 340 valence electrons. The summed E-state index contributed by atoms with van der Waals surface area (Å²) in [5.41, 5.74) is 0. The van der Waals surface area contributed by atoms with Crippen LogP contribution in [0.3, 0.4) is 0 Å². The van der Waals surface area contributed by atoms with Crippen molar-refractivity contribution in [1.29, 1.82) is 0 Å². The Balaban J connectivity index is 7.74. The first-order valence-electron chi connectivity index (χ1n) is 11.9. The number of halogens is 34. The van der Waals surface area contributed by atoms with Crippen molar-refractivity contribution >= 4 is 11.9 Å². The van der Waals surface area contributed by atoms with Gasteiger partial charge in [-0.2, -0.15) is 149 Å². The molecule has 0 N–H and O–H groups in total. The van der Waals surface area contributed by atoms with Gasteiger partial charge in [0, 0.05) is 0 Å². The first kappa shape index (κ1) is 53.6. The second-order valence-electron chi connectivity index (χ2n) is 10.1. The predicted octanol–water partition coefficient (Wildman–Crippen LogP) is 10.4. The maximum absolute atomic E-state index is 14.7. The summed E-state index contributed by atoms with van der Waals surface area (Å²) in [6.45, 7) is 0. The van der Waals surface area contributed by atoms with Crippen LogP contribution in [0.5, 0.6) is 0 Å². The second kappa shape index (κ2) is 13.5. The van der Waals surface area contributed by atoms with Crippen molar-refractivity contribution in [3.8, 4) is 0 Å². The Morgan fingerprint density at radius 2 is 0.404 bits per heavy atom. The average molecular weight is 940 g/mol. The number of hydrogen-bond acceptors (Lipinski definition) is 4. The summed E-state index contributed by atoms with van der Waals surface area (Å²) in [5.74, 6) is -121. The van der Waals surface area contributed by atoms with Crippen molar-refractivity contribution in [2.75, 3.05) is 0 Å². The van der Waals surface area contributed by atoms with Gasteiger partial charge in [0.25, 0.3) is 0 Å². The lowest BCUT2D eigenvalue weighted by Gasteiger charge is -2.44. The Morgan fingerprint density at radius 3 is 0.561 bits per heavy atom. The molecule has 0 rings (SSSR count). The summed E-state index contributed by atoms with van der Waals surface area (Å²) in [6.07, 6.45) is -38.5. The second-order valence-corrected chi connectivity index (χ2v) is 10.1. The molecule has 0 aliphatic carbocycles. The predicted molar refractivity (Wildman–Crippen MR) is 98.2 cm³/mol. The highest BCUT2D eigenvalue weighted by Crippen LogP contribution is 2.66. The SMILES string of the molecule is O=C(CC(=O)OC(F)(C(F)(F)C(F)(F)F)C(F)(F)C(F)(F)C(F)(F)C(F)(F)C(F)(F)F)OC(F)(C(F)(F)C(F)(F)F)C(F)(F)C(F)(F)C(F)(F)C(F)(F)C(F)(F)F. The number of rotatable bonds is 14. The van der Waals surface area contributed by atoms with Crippen molar-refractivity contribution in [1.82, 2.24) is 0 Å². The van der Waals surface area contributed by atoms with Gasteiger partial charge >= 0.3 is 108 Å². The van der Waals surface area contributed by atoms with E-state index in [0.717, 1.165) is 0 Å². The molecule has 2 unspecified atom stereocenters. The lowest BCUT2D eigenvalue weighted by atomic mass is 9.89. The first-order chi connectivity index (χ1) is 24.0. The molecule has 0 saturated carbocycles. The standard InChI is InChI=1S/C19H2F34O4/c20-4(21,6(24,25)10(32,33)16(42,43)44)8(28,29)14(40,12(36,37)18(48,49)50)56-2(54)1-3(55)57-15(41,13(38,39)19(51,52)53)9(30,31)5(22,23)7(26,27)11(34,35)17(45,46)47/h1H2. The molecule has 0 aromatic carbocycles. The average Bonchev–Trinajstić information content (AvgIpc) is 2.93. The van der Waals surface area contributed by atoms with E-state index in [4.69, 9.17) is 0 Å². The molecule has 0 aliphatic rings. The van der Waals surface area contributed by atoms with Crippen LogP contribution in [-0.2, 0) is 19.1 Å². The molecule has 2 atom stereocenters. The molecule has 0 heterocycles. The van der Waals surface area contributed by atoms with E-state index in [1.165, 1.54) is 9.47 Å². The highest BCUT2D eigenvalue weighted by atomic mass is 19.5. The Bertz CT molecular complexity index is 1380. The largest absolute Gasteiger partial charge is 0.461 e. The van der Waals surface area contributed by atoms with Crippen molar-refractivity contribution in [2.45, 2.75) is 102 Å². The molecule has 0 saturated heterocycles. The topological polar surface area (TPSA) is 52.6 Å². The van der Waals surface area contributed by atoms with Crippen LogP contribution >= 0.6 is 0 Å². The Morgan fingerprint density at radius 1 is 0.246 bits per heavy atom. The summed E-state index contributed by atoms with van der Waals surface area (Å²) in [4.78, 5) is 22.9. The minimum Gasteiger partial charge on any atom is -0.416 e. The fourth-order valence-corrected chi connectivity index (χ4v) is 3.07. The van der Waals surface area contributed by atoms with Gasteiger partial charge in [0.2, 0.25) is 0 Å². The highest BCUT2D eigenvalue weighted by molar-refractivity contribution is 5.91. The van der Waals surface area contributed by atoms with Gasteiger partial charge in [-0.15, -0.1) is 0 Å². The zero-order valence-corrected chi connectivity index (χ0v) is 24.2. The van der Waals surface area contributed by atoms with E-state index in [0.29, 0.717) is 0 Å². The summed E-state index contributed by atoms with van der Waals surface area (Å²) < 4.78 is 454. The fourth-order valence-electron chi connectivity index (χ4n) is 3.07. The molecule has 0 fully saturated rings. The van der Waals surface area contributed by atoms with E-state index in [9.17, 15) is 159 Å². The molecule has 4 nitrogen and oxygen atoms in total. The van der Waals surface area contributed by atoms with Gasteiger partial charge in [0.1, 0.15) is 6.42 Å². The number of ether oxygens (including phenoxy) is 2. The minimum absolute atomic E-state index is 1.52. The van der Waals surface area contributed by atoms with Gasteiger partial charge in [0.15, 0.2) is 0 Å². The zero-order valence-electron chi connectivity index (χ0n) is 24.2. The van der Waals surface area contributed by atoms with Crippen molar-refractivity contribution in [2.24, 2.45) is 0 Å². The molecule has 0 spiro atoms. The summed E-state index contributed by atoms with van der Waals surface area (Å²) in [6, 6.07) is 0. The Hall–Kier alpha value is -3.44. The smallest absolute Gasteiger partial charge is 0.416 e. The van der Waals surface area contributed by atoms with Crippen molar-refractivity contribution in [3.05, 3.63) is 0 Å². The van der Waals surface area contributed by atoms with E-state index in [1.807, 2.05) is 0 Å². The third-order valence-corrected chi connectivity index (χ3v) is 6.20. The lowest BCUT2D eigenvalue weighted by molar-refractivity contribution is -0.481. The van der Waals surface area contributed by atoms with Crippen LogP contribution in [0, 0.1) is 0 Å². The van der Waals surface area contributed by atoms with E-state index in [2.05, 4.69) is 0 Å². The molecule has 0 aliphatic heterocycles. The van der Waals surface area contributed by atoms with Gasteiger partial charge in [0.05, 0.1) is 0 Å². The monoisotopic (exact) mass is 940 g/mol. The van der Waals surface area contributed by atoms with E-state index in [-0.39, 0.29) is 0 Å². The van der Waals surface area contributed by atoms with Crippen LogP contribution in [0.1, 0.15) is 6.42 Å². The number of esters is 2. The number of hydrogen-bond donors (Lipinski definition) is 0. The molecular formula is C19H2F34O4. The van der Waals surface area contributed by atoms with Gasteiger partial charge in [-0.25, -0.2) is 0 Å². The van der Waals surface area contributed by atoms with Gasteiger partial charge in [-0.1, -0.05) is 0 Å². The molecular weight excluding hydrogens is 938 g/mol. The normalized spacial score (nSPS) is 18.1. The minimum atomic E-state index is -9.58. The third kappa shape index (κ3) is 7.20. The maximum Gasteiger partial charge on any atom is 0.461 e. The fraction of sp³-hybridized carbons (Fsp3) is 0.895. The van der Waals surface area contributed by atoms with Crippen molar-refractivity contribution < 1.29 is 168 Å². The summed E-state index contributed by atoms with van der Waals surface area (Å²) >= 11 is 0. The van der Waals surface area contributed by atoms with Crippen molar-refractivity contribution in [3.63, 3.8) is 0 Å². The van der Waals surface area contributed by atoms with Crippen LogP contribution in [0.2, 0.25) is 0 Å². The van der Waals surface area contributed by atoms with Crippen LogP contribution in [0.4, 0.5) is 149 Å². The van der Waals surface area contributed by atoms with E-state index >= 15 is 0 Å². The molecule has 0 aromatic heterocycles. The molecule has 0 radical (unpaired) electrons. The van der Waals surface area contributed by atoms with E-state index < -0.39 is 114 Å². The molecule has 57 heavy (non-hydrogen) atoms. The quantitative estimate of drug-likeness (QED) is 0.0989. The number of carbonyl (C=O) groups is 2. The highest BCUT2D eigenvalue weighted by Gasteiger charge is 2.98. The maximum atomic E-state index is 14.7. The number of carbonyl (C=O) groups excluding carboxylic acids is 2. The molecule has 0 amide bonds. The molecule has 0 bridgehead atoms. The Labute approximate surface area is 283 Å². The Kier molecular flexibility index (Phi) is 12.7. The van der Waals surface area contributed by atoms with Crippen LogP contribution in [-0.4, -0.2) is 108 Å². The van der Waals surface area contributed by atoms with Gasteiger partial charge in [-0.3, -0.25) is 9.59 Å². The number of alkyl halides is 34. The van der Waals surface area contributed by atoms with Gasteiger partial charge < -0.3 is 9.47 Å². The van der Waals surface area contributed by atoms with Crippen LogP contribution in [0.25, 0.3) is 0 Å². The van der Waals surface area contributed by atoms with Gasteiger partial charge in [-0.05, 0) is 0 Å². The van der Waals surface area contributed by atoms with Crippen LogP contribution < -0.4 is 0 Å². The lowest BCUT2D eigenvalue weighted by Crippen LogP contribution is -2.76. The summed E-state index contributed by atoms with van der Waals surface area (Å²) in [5, 5.41) is 0. The molecule has 38 heteroatoms. The van der Waals surface area contributed by atoms with E-state index in [1.54, 1.807) is 0 Å².